The lowest BCUT2D eigenvalue weighted by Gasteiger charge is -2.08. The van der Waals surface area contributed by atoms with Crippen LogP contribution in [0.25, 0.3) is 11.0 Å². The molecule has 0 unspecified atom stereocenters. The lowest BCUT2D eigenvalue weighted by atomic mass is 10.2. The topological polar surface area (TPSA) is 85.6 Å². The van der Waals surface area contributed by atoms with Crippen molar-refractivity contribution in [3.63, 3.8) is 0 Å². The quantitative estimate of drug-likeness (QED) is 0.754. The van der Waals surface area contributed by atoms with Gasteiger partial charge in [0.25, 0.3) is 5.91 Å². The van der Waals surface area contributed by atoms with E-state index in [1.54, 1.807) is 24.3 Å². The highest BCUT2D eigenvalue weighted by Crippen LogP contribution is 2.29. The Morgan fingerprint density at radius 2 is 1.92 bits per heavy atom. The molecular formula is C18H17NO5S. The Hall–Kier alpha value is -2.80. The molecule has 6 nitrogen and oxygen atoms in total. The molecule has 0 radical (unpaired) electrons. The fourth-order valence-corrected chi connectivity index (χ4v) is 3.34. The van der Waals surface area contributed by atoms with Crippen molar-refractivity contribution < 1.29 is 22.4 Å². The van der Waals surface area contributed by atoms with Crippen LogP contribution in [-0.4, -0.2) is 27.2 Å². The first-order valence-corrected chi connectivity index (χ1v) is 9.55. The second kappa shape index (κ2) is 6.60. The molecule has 1 heterocycles. The Kier molecular flexibility index (Phi) is 4.50. The maximum absolute atomic E-state index is 12.5. The monoisotopic (exact) mass is 359 g/mol. The summed E-state index contributed by atoms with van der Waals surface area (Å²) in [6.07, 6.45) is 1.09. The van der Waals surface area contributed by atoms with E-state index in [2.05, 4.69) is 5.32 Å². The minimum absolute atomic E-state index is 0.0504. The van der Waals surface area contributed by atoms with E-state index in [9.17, 15) is 13.2 Å². The van der Waals surface area contributed by atoms with Gasteiger partial charge in [-0.1, -0.05) is 24.3 Å². The molecule has 0 atom stereocenters. The largest absolute Gasteiger partial charge is 0.490 e. The molecule has 0 saturated heterocycles. The molecule has 0 saturated carbocycles. The highest BCUT2D eigenvalue weighted by molar-refractivity contribution is 7.90. The lowest BCUT2D eigenvalue weighted by molar-refractivity contribution is 0.0998. The Labute approximate surface area is 145 Å². The summed E-state index contributed by atoms with van der Waals surface area (Å²) in [6.45, 7) is 2.33. The molecule has 3 aromatic rings. The minimum atomic E-state index is -3.47. The highest BCUT2D eigenvalue weighted by Gasteiger charge is 2.18. The third kappa shape index (κ3) is 3.51. The van der Waals surface area contributed by atoms with Crippen molar-refractivity contribution in [1.29, 1.82) is 0 Å². The third-order valence-electron chi connectivity index (χ3n) is 3.57. The lowest BCUT2D eigenvalue weighted by Crippen LogP contribution is -2.13. The van der Waals surface area contributed by atoms with Crippen molar-refractivity contribution in [2.45, 2.75) is 11.8 Å². The summed E-state index contributed by atoms with van der Waals surface area (Å²) in [5, 5.41) is 3.32. The number of hydrogen-bond acceptors (Lipinski definition) is 5. The van der Waals surface area contributed by atoms with E-state index in [1.165, 1.54) is 12.1 Å². The van der Waals surface area contributed by atoms with Crippen molar-refractivity contribution in [2.75, 3.05) is 18.2 Å². The van der Waals surface area contributed by atoms with Crippen LogP contribution < -0.4 is 10.1 Å². The van der Waals surface area contributed by atoms with Gasteiger partial charge in [-0.3, -0.25) is 4.79 Å². The average molecular weight is 359 g/mol. The van der Waals surface area contributed by atoms with E-state index in [1.807, 2.05) is 19.1 Å². The average Bonchev–Trinajstić information content (AvgIpc) is 3.00. The van der Waals surface area contributed by atoms with E-state index in [4.69, 9.17) is 9.15 Å². The number of rotatable bonds is 5. The number of carbonyl (C=O) groups is 1. The molecule has 2 aromatic carbocycles. The number of ether oxygens (including phenoxy) is 1. The summed E-state index contributed by atoms with van der Waals surface area (Å²) < 4.78 is 34.8. The highest BCUT2D eigenvalue weighted by atomic mass is 32.2. The maximum atomic E-state index is 12.5. The van der Waals surface area contributed by atoms with Crippen LogP contribution in [0.1, 0.15) is 17.5 Å². The number of sulfone groups is 1. The van der Waals surface area contributed by atoms with Crippen LogP contribution >= 0.6 is 0 Å². The van der Waals surface area contributed by atoms with Crippen molar-refractivity contribution >= 4 is 32.4 Å². The van der Waals surface area contributed by atoms with Crippen LogP contribution in [0.5, 0.6) is 5.75 Å². The van der Waals surface area contributed by atoms with E-state index < -0.39 is 15.7 Å². The van der Waals surface area contributed by atoms with Crippen LogP contribution in [0, 0.1) is 0 Å². The minimum Gasteiger partial charge on any atom is -0.490 e. The van der Waals surface area contributed by atoms with Gasteiger partial charge >= 0.3 is 0 Å². The molecule has 1 amide bonds. The molecule has 130 valence electrons. The van der Waals surface area contributed by atoms with Crippen LogP contribution in [-0.2, 0) is 9.84 Å². The summed E-state index contributed by atoms with van der Waals surface area (Å²) in [5.41, 5.74) is 0.686. The SMILES string of the molecule is CCOc1cccc2cc(C(=O)Nc3ccccc3S(C)(=O)=O)oc12. The van der Waals surface area contributed by atoms with Gasteiger partial charge in [0.15, 0.2) is 26.9 Å². The second-order valence-electron chi connectivity index (χ2n) is 5.44. The maximum Gasteiger partial charge on any atom is 0.291 e. The first kappa shape index (κ1) is 17.0. The smallest absolute Gasteiger partial charge is 0.291 e. The predicted octanol–water partition coefficient (Wildman–Crippen LogP) is 3.49. The Morgan fingerprint density at radius 3 is 2.64 bits per heavy atom. The fourth-order valence-electron chi connectivity index (χ4n) is 2.49. The van der Waals surface area contributed by atoms with Crippen molar-refractivity contribution in [3.05, 3.63) is 54.3 Å². The van der Waals surface area contributed by atoms with Gasteiger partial charge in [0, 0.05) is 11.6 Å². The van der Waals surface area contributed by atoms with Crippen molar-refractivity contribution in [1.82, 2.24) is 0 Å². The molecule has 0 aliphatic carbocycles. The Balaban J connectivity index is 1.95. The molecule has 0 bridgehead atoms. The fraction of sp³-hybridized carbons (Fsp3) is 0.167. The zero-order chi connectivity index (χ0) is 18.0. The molecule has 0 aliphatic heterocycles. The van der Waals surface area contributed by atoms with E-state index in [0.717, 1.165) is 11.6 Å². The number of para-hydroxylation sites is 2. The van der Waals surface area contributed by atoms with Gasteiger partial charge in [-0.05, 0) is 31.2 Å². The van der Waals surface area contributed by atoms with Crippen molar-refractivity contribution in [3.8, 4) is 5.75 Å². The van der Waals surface area contributed by atoms with Gasteiger partial charge < -0.3 is 14.5 Å². The standard InChI is InChI=1S/C18H17NO5S/c1-3-23-14-9-6-7-12-11-15(24-17(12)14)18(20)19-13-8-4-5-10-16(13)25(2,21)22/h4-11H,3H2,1-2H3,(H,19,20). The van der Waals surface area contributed by atoms with E-state index in [0.29, 0.717) is 17.9 Å². The van der Waals surface area contributed by atoms with E-state index >= 15 is 0 Å². The van der Waals surface area contributed by atoms with Crippen LogP contribution in [0.3, 0.4) is 0 Å². The number of nitrogens with one attached hydrogen (secondary N) is 1. The zero-order valence-corrected chi connectivity index (χ0v) is 14.6. The number of fused-ring (bicyclic) bond motifs is 1. The third-order valence-corrected chi connectivity index (χ3v) is 4.72. The number of benzene rings is 2. The molecule has 0 fully saturated rings. The molecule has 1 N–H and O–H groups in total. The number of amides is 1. The molecule has 0 spiro atoms. The van der Waals surface area contributed by atoms with E-state index in [-0.39, 0.29) is 16.3 Å². The molecule has 7 heteroatoms. The van der Waals surface area contributed by atoms with Gasteiger partial charge in [-0.2, -0.15) is 0 Å². The first-order valence-electron chi connectivity index (χ1n) is 7.66. The first-order chi connectivity index (χ1) is 11.9. The summed E-state index contributed by atoms with van der Waals surface area (Å²) in [7, 11) is -3.47. The molecular weight excluding hydrogens is 342 g/mol. The number of furan rings is 1. The Bertz CT molecular complexity index is 1040. The number of anilines is 1. The van der Waals surface area contributed by atoms with Gasteiger partial charge in [0.2, 0.25) is 0 Å². The summed E-state index contributed by atoms with van der Waals surface area (Å²) >= 11 is 0. The molecule has 0 aliphatic rings. The van der Waals surface area contributed by atoms with Gasteiger partial charge in [0.05, 0.1) is 17.2 Å². The molecule has 1 aromatic heterocycles. The zero-order valence-electron chi connectivity index (χ0n) is 13.8. The van der Waals surface area contributed by atoms with Gasteiger partial charge in [-0.25, -0.2) is 8.42 Å². The van der Waals surface area contributed by atoms with Gasteiger partial charge in [-0.15, -0.1) is 0 Å². The summed E-state index contributed by atoms with van der Waals surface area (Å²) in [6, 6.07) is 13.2. The summed E-state index contributed by atoms with van der Waals surface area (Å²) in [5.74, 6) is 0.0933. The summed E-state index contributed by atoms with van der Waals surface area (Å²) in [4.78, 5) is 12.5. The van der Waals surface area contributed by atoms with Crippen LogP contribution in [0.2, 0.25) is 0 Å². The predicted molar refractivity (Wildman–Crippen MR) is 94.9 cm³/mol. The van der Waals surface area contributed by atoms with Crippen molar-refractivity contribution in [2.24, 2.45) is 0 Å². The van der Waals surface area contributed by atoms with Crippen LogP contribution in [0.4, 0.5) is 5.69 Å². The Morgan fingerprint density at radius 1 is 1.16 bits per heavy atom. The second-order valence-corrected chi connectivity index (χ2v) is 7.42. The number of carbonyl (C=O) groups excluding carboxylic acids is 1. The normalized spacial score (nSPS) is 11.4. The molecule has 3 rings (SSSR count). The number of hydrogen-bond donors (Lipinski definition) is 1. The molecule has 25 heavy (non-hydrogen) atoms. The van der Waals surface area contributed by atoms with Crippen LogP contribution in [0.15, 0.2) is 57.8 Å². The van der Waals surface area contributed by atoms with Gasteiger partial charge in [0.1, 0.15) is 0 Å².